The van der Waals surface area contributed by atoms with Crippen molar-refractivity contribution < 1.29 is 33.1 Å². The van der Waals surface area contributed by atoms with Crippen LogP contribution in [0.5, 0.6) is 0 Å². The van der Waals surface area contributed by atoms with Crippen LogP contribution in [-0.4, -0.2) is 86.2 Å². The first-order valence-corrected chi connectivity index (χ1v) is 22.9. The Bertz CT molecular complexity index is 2050. The number of esters is 1. The minimum Gasteiger partial charge on any atom is -0.459 e. The summed E-state index contributed by atoms with van der Waals surface area (Å²) in [5.41, 5.74) is 2.34. The number of carbonyl (C=O) groups excluding carboxylic acids is 5. The topological polar surface area (TPSA) is 158 Å². The molecule has 0 spiro atoms. The van der Waals surface area contributed by atoms with Crippen LogP contribution in [0.15, 0.2) is 36.5 Å². The molecule has 2 aromatic heterocycles. The number of hydrogen-bond donors (Lipinski definition) is 2. The number of ether oxygens (including phenoxy) is 1. The summed E-state index contributed by atoms with van der Waals surface area (Å²) in [7, 11) is 1.79. The summed E-state index contributed by atoms with van der Waals surface area (Å²) in [6, 6.07) is 8.62. The van der Waals surface area contributed by atoms with Crippen LogP contribution in [0.2, 0.25) is 0 Å². The van der Waals surface area contributed by atoms with Gasteiger partial charge in [-0.25, -0.2) is 4.39 Å². The fraction of sp³-hybridized carbons (Fsp3) is 0.604. The number of halogens is 1. The Morgan fingerprint density at radius 1 is 0.871 bits per heavy atom. The maximum atomic E-state index is 15.7. The van der Waals surface area contributed by atoms with Gasteiger partial charge in [0.2, 0.25) is 17.7 Å². The molecule has 3 amide bonds. The van der Waals surface area contributed by atoms with Crippen LogP contribution >= 0.6 is 0 Å². The largest absolute Gasteiger partial charge is 0.459 e. The number of rotatable bonds is 12. The zero-order valence-corrected chi connectivity index (χ0v) is 38.8. The van der Waals surface area contributed by atoms with Crippen molar-refractivity contribution in [3.05, 3.63) is 48.0 Å². The summed E-state index contributed by atoms with van der Waals surface area (Å²) in [5, 5.41) is 15.5. The minimum absolute atomic E-state index is 0.0741. The molecule has 1 saturated carbocycles. The number of nitrogens with zero attached hydrogens (tertiary/aromatic N) is 5. The van der Waals surface area contributed by atoms with E-state index in [0.29, 0.717) is 59.0 Å². The van der Waals surface area contributed by atoms with Crippen LogP contribution in [0.1, 0.15) is 144 Å². The van der Waals surface area contributed by atoms with Crippen LogP contribution < -0.4 is 10.6 Å². The fourth-order valence-electron chi connectivity index (χ4n) is 7.94. The Morgan fingerprint density at radius 3 is 2.15 bits per heavy atom. The van der Waals surface area contributed by atoms with Crippen molar-refractivity contribution >= 4 is 51.8 Å². The summed E-state index contributed by atoms with van der Waals surface area (Å²) < 4.78 is 24.1. The van der Waals surface area contributed by atoms with Gasteiger partial charge in [0.1, 0.15) is 30.8 Å². The van der Waals surface area contributed by atoms with E-state index in [-0.39, 0.29) is 44.3 Å². The van der Waals surface area contributed by atoms with Gasteiger partial charge in [0.05, 0.1) is 29.5 Å². The second-order valence-electron chi connectivity index (χ2n) is 16.5. The van der Waals surface area contributed by atoms with Crippen LogP contribution in [0.3, 0.4) is 0 Å². The lowest BCUT2D eigenvalue weighted by atomic mass is 9.88. The van der Waals surface area contributed by atoms with E-state index in [9.17, 15) is 24.0 Å². The number of hydrogen-bond acceptors (Lipinski definition) is 8. The highest BCUT2D eigenvalue weighted by atomic mass is 19.1. The Hall–Kier alpha value is -5.14. The van der Waals surface area contributed by atoms with Crippen molar-refractivity contribution in [2.24, 2.45) is 13.0 Å². The molecule has 2 aliphatic rings. The number of aldehydes is 1. The third-order valence-corrected chi connectivity index (χ3v) is 11.0. The van der Waals surface area contributed by atoms with E-state index in [4.69, 9.17) is 9.84 Å². The molecule has 62 heavy (non-hydrogen) atoms. The van der Waals surface area contributed by atoms with E-state index in [1.54, 1.807) is 60.4 Å². The van der Waals surface area contributed by atoms with Gasteiger partial charge in [0, 0.05) is 55.2 Å². The van der Waals surface area contributed by atoms with Crippen molar-refractivity contribution in [1.82, 2.24) is 35.1 Å². The molecular formula is C48H72FN7O6. The maximum absolute atomic E-state index is 15.7. The molecule has 0 atom stereocenters. The highest BCUT2D eigenvalue weighted by Gasteiger charge is 2.29. The SMILES string of the molecule is CC.CC.CCC1CCCCCCC1.Cn1ncc2cc(F)c(-c3cccc4c3c(C3CCN(C(=O)CCC=O)CC3)nn4CC(=O)NCC(=O)NCC(=O)OC(C)(C)C)cc21. The summed E-state index contributed by atoms with van der Waals surface area (Å²) in [6.45, 7) is 15.6. The molecule has 6 rings (SSSR count). The number of aromatic nitrogens is 4. The lowest BCUT2D eigenvalue weighted by Crippen LogP contribution is -2.41. The average molecular weight is 862 g/mol. The first-order chi connectivity index (χ1) is 29.8. The number of carbonyl (C=O) groups is 5. The normalized spacial score (nSPS) is 14.8. The number of nitrogens with one attached hydrogen (secondary N) is 2. The molecule has 2 N–H and O–H groups in total. The van der Waals surface area contributed by atoms with E-state index < -0.39 is 29.2 Å². The number of amides is 3. The van der Waals surface area contributed by atoms with Crippen LogP contribution in [-0.2, 0) is 42.3 Å². The predicted molar refractivity (Wildman–Crippen MR) is 244 cm³/mol. The van der Waals surface area contributed by atoms with Gasteiger partial charge in [-0.05, 0) is 63.3 Å². The molecule has 14 heteroatoms. The Labute approximate surface area is 367 Å². The number of likely N-dealkylation sites (tertiary alicyclic amines) is 1. The predicted octanol–water partition coefficient (Wildman–Crippen LogP) is 8.80. The van der Waals surface area contributed by atoms with Crippen molar-refractivity contribution in [3.63, 3.8) is 0 Å². The molecule has 342 valence electrons. The van der Waals surface area contributed by atoms with Crippen molar-refractivity contribution in [2.45, 2.75) is 151 Å². The molecule has 13 nitrogen and oxygen atoms in total. The molecule has 1 aliphatic carbocycles. The van der Waals surface area contributed by atoms with Crippen molar-refractivity contribution in [1.29, 1.82) is 0 Å². The van der Waals surface area contributed by atoms with Gasteiger partial charge in [-0.15, -0.1) is 0 Å². The number of benzene rings is 2. The molecule has 1 saturated heterocycles. The Balaban J connectivity index is 0.000000630. The van der Waals surface area contributed by atoms with Crippen molar-refractivity contribution in [2.75, 3.05) is 26.2 Å². The summed E-state index contributed by atoms with van der Waals surface area (Å²) in [6.07, 6.45) is 15.8. The number of aryl methyl sites for hydroxylation is 1. The molecule has 4 aromatic rings. The lowest BCUT2D eigenvalue weighted by Gasteiger charge is -2.31. The Kier molecular flexibility index (Phi) is 21.2. The first kappa shape index (κ1) is 51.2. The van der Waals surface area contributed by atoms with Gasteiger partial charge in [-0.2, -0.15) is 10.2 Å². The third kappa shape index (κ3) is 15.0. The zero-order valence-electron chi connectivity index (χ0n) is 38.8. The zero-order chi connectivity index (χ0) is 45.8. The smallest absolute Gasteiger partial charge is 0.325 e. The highest BCUT2D eigenvalue weighted by Crippen LogP contribution is 2.40. The standard InChI is InChI=1S/C34H40FN7O6.C10H20.2C2H6/c1-34(2,3)48-31(47)19-37-28(44)18-36-29(45)20-42-26-8-5-7-23(24-16-27-22(15-25(24)35)17-38-40(27)4)32(26)33(39-42)21-10-12-41(13-11-21)30(46)9-6-14-43;1-2-10-8-6-4-3-5-7-9-10;2*1-2/h5,7-8,14-17,21H,6,9-13,18-20H2,1-4H3,(H,36,45)(H,37,44);10H,2-9H2,1H3;2*1-2H3. The van der Waals surface area contributed by atoms with Crippen LogP contribution in [0.4, 0.5) is 4.39 Å². The maximum Gasteiger partial charge on any atom is 0.325 e. The van der Waals surface area contributed by atoms with Crippen molar-refractivity contribution in [3.8, 4) is 11.1 Å². The van der Waals surface area contributed by atoms with E-state index in [1.807, 2.05) is 39.8 Å². The van der Waals surface area contributed by atoms with E-state index in [2.05, 4.69) is 22.7 Å². The van der Waals surface area contributed by atoms with Gasteiger partial charge in [-0.1, -0.05) is 98.1 Å². The second-order valence-corrected chi connectivity index (χ2v) is 16.5. The van der Waals surface area contributed by atoms with Gasteiger partial charge >= 0.3 is 5.97 Å². The first-order valence-electron chi connectivity index (χ1n) is 22.9. The summed E-state index contributed by atoms with van der Waals surface area (Å²) in [5.74, 6) is -1.15. The van der Waals surface area contributed by atoms with Gasteiger partial charge < -0.3 is 25.1 Å². The molecule has 0 radical (unpaired) electrons. The van der Waals surface area contributed by atoms with Crippen LogP contribution in [0.25, 0.3) is 32.9 Å². The third-order valence-electron chi connectivity index (χ3n) is 11.0. The monoisotopic (exact) mass is 862 g/mol. The molecule has 2 fully saturated rings. The summed E-state index contributed by atoms with van der Waals surface area (Å²) >= 11 is 0. The number of piperidine rings is 1. The quantitative estimate of drug-likeness (QED) is 0.106. The minimum atomic E-state index is -0.691. The van der Waals surface area contributed by atoms with Crippen LogP contribution in [0, 0.1) is 11.7 Å². The van der Waals surface area contributed by atoms with Gasteiger partial charge in [-0.3, -0.25) is 28.5 Å². The molecule has 0 unspecified atom stereocenters. The second kappa shape index (κ2) is 25.7. The molecule has 2 aromatic carbocycles. The van der Waals surface area contributed by atoms with E-state index >= 15 is 4.39 Å². The lowest BCUT2D eigenvalue weighted by molar-refractivity contribution is -0.154. The Morgan fingerprint density at radius 2 is 1.52 bits per heavy atom. The van der Waals surface area contributed by atoms with Gasteiger partial charge in [0.15, 0.2) is 0 Å². The molecule has 1 aliphatic heterocycles. The van der Waals surface area contributed by atoms with Gasteiger partial charge in [0.25, 0.3) is 0 Å². The van der Waals surface area contributed by atoms with E-state index in [1.165, 1.54) is 57.4 Å². The molecule has 3 heterocycles. The number of fused-ring (bicyclic) bond motifs is 2. The average Bonchev–Trinajstić information content (AvgIpc) is 3.81. The summed E-state index contributed by atoms with van der Waals surface area (Å²) in [4.78, 5) is 62.4. The van der Waals surface area contributed by atoms with E-state index in [0.717, 1.165) is 17.7 Å². The highest BCUT2D eigenvalue weighted by molar-refractivity contribution is 6.00. The molecular weight excluding hydrogens is 790 g/mol. The molecule has 0 bridgehead atoms. The fourth-order valence-corrected chi connectivity index (χ4v) is 7.94.